The van der Waals surface area contributed by atoms with Gasteiger partial charge in [-0.3, -0.25) is 0 Å². The molecule has 2 heterocycles. The first-order valence-corrected chi connectivity index (χ1v) is 11.0. The van der Waals surface area contributed by atoms with Crippen molar-refractivity contribution >= 4 is 5.97 Å². The maximum Gasteiger partial charge on any atom is 0.354 e. The average molecular weight is 416 g/mol. The molecule has 0 aromatic carbocycles. The normalized spacial score (nSPS) is 38.4. The maximum atomic E-state index is 11.1. The fourth-order valence-corrected chi connectivity index (χ4v) is 6.40. The predicted molar refractivity (Wildman–Crippen MR) is 112 cm³/mol. The van der Waals surface area contributed by atoms with Crippen LogP contribution in [0.15, 0.2) is 30.5 Å². The third-order valence-corrected chi connectivity index (χ3v) is 7.93. The SMILES string of the molecule is C=C1CCC2[C@]3(C)CO[C@@H](C)O[C@@H]3CC[C@@]2(C)[C@@H]1CCOc1ccnc(C(=O)O)c1. The van der Waals surface area contributed by atoms with Crippen molar-refractivity contribution in [3.63, 3.8) is 0 Å². The van der Waals surface area contributed by atoms with E-state index in [1.165, 1.54) is 17.8 Å². The molecule has 30 heavy (non-hydrogen) atoms. The van der Waals surface area contributed by atoms with Crippen LogP contribution >= 0.6 is 0 Å². The molecule has 0 spiro atoms. The van der Waals surface area contributed by atoms with Crippen LogP contribution in [0.1, 0.15) is 63.4 Å². The molecule has 0 bridgehead atoms. The Balaban J connectivity index is 1.47. The van der Waals surface area contributed by atoms with Crippen LogP contribution in [0.2, 0.25) is 0 Å². The molecule has 2 aliphatic carbocycles. The summed E-state index contributed by atoms with van der Waals surface area (Å²) >= 11 is 0. The first-order chi connectivity index (χ1) is 14.2. The Bertz CT molecular complexity index is 826. The Morgan fingerprint density at radius 1 is 1.37 bits per heavy atom. The number of hydrogen-bond acceptors (Lipinski definition) is 5. The molecule has 4 rings (SSSR count). The van der Waals surface area contributed by atoms with E-state index in [4.69, 9.17) is 19.3 Å². The first-order valence-electron chi connectivity index (χ1n) is 11.0. The number of allylic oxidation sites excluding steroid dienone is 1. The van der Waals surface area contributed by atoms with Crippen molar-refractivity contribution in [2.45, 2.75) is 65.3 Å². The Morgan fingerprint density at radius 3 is 2.93 bits per heavy atom. The molecule has 6 heteroatoms. The van der Waals surface area contributed by atoms with E-state index in [0.29, 0.717) is 24.2 Å². The molecule has 1 unspecified atom stereocenters. The second-order valence-corrected chi connectivity index (χ2v) is 9.67. The van der Waals surface area contributed by atoms with Crippen molar-refractivity contribution in [3.8, 4) is 5.75 Å². The standard InChI is InChI=1S/C24H33NO5/c1-15-5-6-20-23(3,10-7-21-24(20,4)14-29-16(2)30-21)18(15)9-12-28-17-8-11-25-19(13-17)22(26)27/h8,11,13,16,18,20-21H,1,5-7,9-10,12,14H2,2-4H3,(H,26,27)/t16-,18-,20?,21-,23+,24+/m1/s1. The number of pyridine rings is 1. The van der Waals surface area contributed by atoms with E-state index in [2.05, 4.69) is 25.4 Å². The molecule has 1 aromatic rings. The zero-order chi connectivity index (χ0) is 21.5. The predicted octanol–water partition coefficient (Wildman–Crippen LogP) is 4.70. The minimum atomic E-state index is -1.05. The smallest absolute Gasteiger partial charge is 0.354 e. The lowest BCUT2D eigenvalue weighted by atomic mass is 9.46. The van der Waals surface area contributed by atoms with E-state index < -0.39 is 5.97 Å². The van der Waals surface area contributed by atoms with Crippen LogP contribution in [-0.2, 0) is 9.47 Å². The van der Waals surface area contributed by atoms with Crippen molar-refractivity contribution in [2.24, 2.45) is 22.7 Å². The van der Waals surface area contributed by atoms with Crippen molar-refractivity contribution in [1.29, 1.82) is 0 Å². The Hall–Kier alpha value is -1.92. The zero-order valence-electron chi connectivity index (χ0n) is 18.2. The van der Waals surface area contributed by atoms with Crippen LogP contribution in [0.4, 0.5) is 0 Å². The Kier molecular flexibility index (Phi) is 5.66. The average Bonchev–Trinajstić information content (AvgIpc) is 2.71. The monoisotopic (exact) mass is 415 g/mol. The van der Waals surface area contributed by atoms with Crippen LogP contribution in [-0.4, -0.2) is 41.7 Å². The van der Waals surface area contributed by atoms with Gasteiger partial charge in [-0.15, -0.1) is 0 Å². The number of carboxylic acids is 1. The van der Waals surface area contributed by atoms with E-state index >= 15 is 0 Å². The topological polar surface area (TPSA) is 77.9 Å². The molecular formula is C24H33NO5. The number of nitrogens with zero attached hydrogens (tertiary/aromatic N) is 1. The maximum absolute atomic E-state index is 11.1. The number of carboxylic acid groups (broad SMARTS) is 1. The molecule has 164 valence electrons. The summed E-state index contributed by atoms with van der Waals surface area (Å²) in [6.45, 7) is 12.5. The lowest BCUT2D eigenvalue weighted by Gasteiger charge is -2.62. The number of rotatable bonds is 5. The molecule has 0 amide bonds. The van der Waals surface area contributed by atoms with Gasteiger partial charge >= 0.3 is 5.97 Å². The van der Waals surface area contributed by atoms with Crippen LogP contribution in [0.5, 0.6) is 5.75 Å². The summed E-state index contributed by atoms with van der Waals surface area (Å²) in [6, 6.07) is 3.18. The summed E-state index contributed by atoms with van der Waals surface area (Å²) in [5.74, 6) is 0.386. The molecule has 3 fully saturated rings. The largest absolute Gasteiger partial charge is 0.493 e. The van der Waals surface area contributed by atoms with E-state index in [1.54, 1.807) is 6.07 Å². The molecular weight excluding hydrogens is 382 g/mol. The van der Waals surface area contributed by atoms with Gasteiger partial charge in [-0.2, -0.15) is 0 Å². The fourth-order valence-electron chi connectivity index (χ4n) is 6.40. The van der Waals surface area contributed by atoms with Gasteiger partial charge in [0.25, 0.3) is 0 Å². The van der Waals surface area contributed by atoms with Crippen LogP contribution in [0, 0.1) is 22.7 Å². The van der Waals surface area contributed by atoms with E-state index in [1.807, 2.05) is 6.92 Å². The summed E-state index contributed by atoms with van der Waals surface area (Å²) < 4.78 is 18.1. The second-order valence-electron chi connectivity index (χ2n) is 9.67. The number of aromatic carboxylic acids is 1. The van der Waals surface area contributed by atoms with Gasteiger partial charge in [0.05, 0.1) is 19.3 Å². The summed E-state index contributed by atoms with van der Waals surface area (Å²) in [7, 11) is 0. The van der Waals surface area contributed by atoms with Gasteiger partial charge in [-0.1, -0.05) is 26.0 Å². The highest BCUT2D eigenvalue weighted by atomic mass is 16.7. The Labute approximate surface area is 178 Å². The summed E-state index contributed by atoms with van der Waals surface area (Å²) in [5.41, 5.74) is 1.48. The molecule has 1 N–H and O–H groups in total. The molecule has 2 saturated carbocycles. The molecule has 6 atom stereocenters. The number of carbonyl (C=O) groups is 1. The van der Waals surface area contributed by atoms with Gasteiger partial charge in [0.2, 0.25) is 0 Å². The van der Waals surface area contributed by atoms with Gasteiger partial charge in [0.1, 0.15) is 5.75 Å². The third kappa shape index (κ3) is 3.65. The first kappa shape index (κ1) is 21.3. The Morgan fingerprint density at radius 2 is 2.17 bits per heavy atom. The summed E-state index contributed by atoms with van der Waals surface area (Å²) in [5, 5.41) is 9.12. The van der Waals surface area contributed by atoms with Crippen molar-refractivity contribution < 1.29 is 24.1 Å². The quantitative estimate of drug-likeness (QED) is 0.703. The minimum absolute atomic E-state index is 0.000578. The molecule has 1 saturated heterocycles. The lowest BCUT2D eigenvalue weighted by Crippen LogP contribution is -2.61. The minimum Gasteiger partial charge on any atom is -0.493 e. The van der Waals surface area contributed by atoms with Crippen LogP contribution < -0.4 is 4.74 Å². The van der Waals surface area contributed by atoms with E-state index in [0.717, 1.165) is 38.7 Å². The van der Waals surface area contributed by atoms with E-state index in [-0.39, 0.29) is 28.9 Å². The fraction of sp³-hybridized carbons (Fsp3) is 0.667. The third-order valence-electron chi connectivity index (χ3n) is 7.93. The van der Waals surface area contributed by atoms with Gasteiger partial charge in [0, 0.05) is 17.7 Å². The number of fused-ring (bicyclic) bond motifs is 3. The van der Waals surface area contributed by atoms with Gasteiger partial charge in [-0.05, 0) is 62.3 Å². The number of hydrogen-bond donors (Lipinski definition) is 1. The van der Waals surface area contributed by atoms with Crippen LogP contribution in [0.25, 0.3) is 0 Å². The highest BCUT2D eigenvalue weighted by molar-refractivity contribution is 5.85. The van der Waals surface area contributed by atoms with Crippen molar-refractivity contribution in [2.75, 3.05) is 13.2 Å². The molecule has 3 aliphatic rings. The van der Waals surface area contributed by atoms with Crippen molar-refractivity contribution in [3.05, 3.63) is 36.2 Å². The van der Waals surface area contributed by atoms with Gasteiger partial charge in [-0.25, -0.2) is 9.78 Å². The van der Waals surface area contributed by atoms with E-state index in [9.17, 15) is 4.79 Å². The number of aromatic nitrogens is 1. The number of ether oxygens (including phenoxy) is 3. The zero-order valence-corrected chi connectivity index (χ0v) is 18.2. The molecule has 6 nitrogen and oxygen atoms in total. The highest BCUT2D eigenvalue weighted by Crippen LogP contribution is 2.63. The van der Waals surface area contributed by atoms with Gasteiger partial charge < -0.3 is 19.3 Å². The summed E-state index contributed by atoms with van der Waals surface area (Å²) in [4.78, 5) is 15.0. The molecule has 0 radical (unpaired) electrons. The van der Waals surface area contributed by atoms with Gasteiger partial charge in [0.15, 0.2) is 12.0 Å². The second kappa shape index (κ2) is 7.97. The summed E-state index contributed by atoms with van der Waals surface area (Å²) in [6.07, 6.45) is 6.81. The van der Waals surface area contributed by atoms with Crippen LogP contribution in [0.3, 0.4) is 0 Å². The van der Waals surface area contributed by atoms with Crippen molar-refractivity contribution in [1.82, 2.24) is 4.98 Å². The molecule has 1 aliphatic heterocycles. The molecule has 1 aromatic heterocycles. The highest BCUT2D eigenvalue weighted by Gasteiger charge is 2.59. The lowest BCUT2D eigenvalue weighted by molar-refractivity contribution is -0.297.